The average molecular weight is 238 g/mol. The number of ether oxygens (including phenoxy) is 2. The summed E-state index contributed by atoms with van der Waals surface area (Å²) in [4.78, 5) is 0. The Labute approximate surface area is 98.4 Å². The van der Waals surface area contributed by atoms with Gasteiger partial charge in [-0.1, -0.05) is 0 Å². The number of nitrogens with two attached hydrogens (primary N) is 2. The summed E-state index contributed by atoms with van der Waals surface area (Å²) < 4.78 is 9.96. The monoisotopic (exact) mass is 238 g/mol. The van der Waals surface area contributed by atoms with Gasteiger partial charge in [-0.15, -0.1) is 5.10 Å². The van der Waals surface area contributed by atoms with Crippen molar-refractivity contribution in [3.05, 3.63) is 17.7 Å². The van der Waals surface area contributed by atoms with Crippen LogP contribution in [0.25, 0.3) is 0 Å². The second-order valence-corrected chi connectivity index (χ2v) is 3.04. The molecule has 0 atom stereocenters. The predicted octanol–water partition coefficient (Wildman–Crippen LogP) is 0.0167. The van der Waals surface area contributed by atoms with Crippen LogP contribution in [0, 0.1) is 0 Å². The van der Waals surface area contributed by atoms with Gasteiger partial charge >= 0.3 is 0 Å². The predicted molar refractivity (Wildman–Crippen MR) is 64.6 cm³/mol. The third-order valence-corrected chi connectivity index (χ3v) is 1.88. The molecular formula is C10H14N4O3. The Bertz CT molecular complexity index is 428. The quantitative estimate of drug-likeness (QED) is 0.388. The lowest BCUT2D eigenvalue weighted by Gasteiger charge is -2.08. The van der Waals surface area contributed by atoms with Gasteiger partial charge in [0.1, 0.15) is 0 Å². The van der Waals surface area contributed by atoms with E-state index >= 15 is 0 Å². The van der Waals surface area contributed by atoms with Gasteiger partial charge < -0.3 is 26.0 Å². The fraction of sp³-hybridized carbons (Fsp3) is 0.200. The second-order valence-electron chi connectivity index (χ2n) is 3.04. The molecule has 0 heterocycles. The van der Waals surface area contributed by atoms with Gasteiger partial charge in [0.2, 0.25) is 11.7 Å². The highest BCUT2D eigenvalue weighted by molar-refractivity contribution is 5.83. The van der Waals surface area contributed by atoms with Crippen molar-refractivity contribution in [2.24, 2.45) is 21.7 Å². The lowest BCUT2D eigenvalue weighted by molar-refractivity contribution is 0.340. The Morgan fingerprint density at radius 2 is 1.76 bits per heavy atom. The summed E-state index contributed by atoms with van der Waals surface area (Å²) in [5.41, 5.74) is 10.9. The summed E-state index contributed by atoms with van der Waals surface area (Å²) in [6.07, 6.45) is 1.41. The van der Waals surface area contributed by atoms with Gasteiger partial charge in [0.25, 0.3) is 0 Å². The Hall–Kier alpha value is -2.44. The van der Waals surface area contributed by atoms with E-state index in [9.17, 15) is 5.11 Å². The fourth-order valence-corrected chi connectivity index (χ4v) is 1.15. The van der Waals surface area contributed by atoms with Gasteiger partial charge in [0.05, 0.1) is 20.4 Å². The maximum atomic E-state index is 9.66. The lowest BCUT2D eigenvalue weighted by atomic mass is 10.2. The third-order valence-electron chi connectivity index (χ3n) is 1.88. The van der Waals surface area contributed by atoms with Crippen molar-refractivity contribution in [2.45, 2.75) is 0 Å². The molecule has 0 saturated carbocycles. The molecule has 17 heavy (non-hydrogen) atoms. The number of nitrogens with zero attached hydrogens (tertiary/aromatic N) is 2. The Kier molecular flexibility index (Phi) is 4.15. The van der Waals surface area contributed by atoms with Crippen molar-refractivity contribution >= 4 is 12.2 Å². The molecule has 0 unspecified atom stereocenters. The highest BCUT2D eigenvalue weighted by atomic mass is 16.5. The van der Waals surface area contributed by atoms with E-state index in [1.54, 1.807) is 12.1 Å². The van der Waals surface area contributed by atoms with Crippen LogP contribution in [0.3, 0.4) is 0 Å². The molecule has 0 radical (unpaired) electrons. The van der Waals surface area contributed by atoms with Crippen LogP contribution in [0.5, 0.6) is 17.2 Å². The number of rotatable bonds is 4. The maximum Gasteiger partial charge on any atom is 0.211 e. The molecule has 0 aliphatic carbocycles. The standard InChI is InChI=1S/C10H14N4O3/c1-16-7-3-6(5-13-14-10(11)12)4-8(17-2)9(7)15/h3-5,15H,1-2H3,(H4,11,12,14)/b13-5+. The van der Waals surface area contributed by atoms with Gasteiger partial charge in [0, 0.05) is 5.56 Å². The summed E-state index contributed by atoms with van der Waals surface area (Å²) in [6.45, 7) is 0. The number of hydrogen-bond donors (Lipinski definition) is 3. The molecule has 0 aliphatic rings. The minimum absolute atomic E-state index is 0.0750. The van der Waals surface area contributed by atoms with Crippen LogP contribution in [-0.4, -0.2) is 31.5 Å². The molecule has 5 N–H and O–H groups in total. The van der Waals surface area contributed by atoms with E-state index in [4.69, 9.17) is 20.9 Å². The van der Waals surface area contributed by atoms with Crippen molar-refractivity contribution in [1.82, 2.24) is 0 Å². The van der Waals surface area contributed by atoms with Crippen molar-refractivity contribution in [3.63, 3.8) is 0 Å². The summed E-state index contributed by atoms with van der Waals surface area (Å²) in [7, 11) is 2.87. The molecule has 0 spiro atoms. The second kappa shape index (κ2) is 5.59. The number of phenols is 1. The van der Waals surface area contributed by atoms with Crippen LogP contribution in [0.15, 0.2) is 22.3 Å². The van der Waals surface area contributed by atoms with Crippen molar-refractivity contribution in [3.8, 4) is 17.2 Å². The van der Waals surface area contributed by atoms with Crippen LogP contribution in [-0.2, 0) is 0 Å². The molecule has 1 aromatic carbocycles. The maximum absolute atomic E-state index is 9.66. The van der Waals surface area contributed by atoms with Crippen LogP contribution >= 0.6 is 0 Å². The highest BCUT2D eigenvalue weighted by Gasteiger charge is 2.09. The Morgan fingerprint density at radius 1 is 1.24 bits per heavy atom. The van der Waals surface area contributed by atoms with E-state index in [0.29, 0.717) is 5.56 Å². The first-order chi connectivity index (χ1) is 8.08. The minimum Gasteiger partial charge on any atom is -0.502 e. The molecule has 0 fully saturated rings. The molecule has 1 rings (SSSR count). The summed E-state index contributed by atoms with van der Waals surface area (Å²) in [5.74, 6) is 0.332. The molecule has 0 aromatic heterocycles. The first-order valence-corrected chi connectivity index (χ1v) is 4.65. The molecule has 7 heteroatoms. The molecule has 92 valence electrons. The van der Waals surface area contributed by atoms with Gasteiger partial charge in [-0.25, -0.2) is 0 Å². The Morgan fingerprint density at radius 3 is 2.18 bits per heavy atom. The van der Waals surface area contributed by atoms with Crippen molar-refractivity contribution < 1.29 is 14.6 Å². The minimum atomic E-state index is -0.140. The average Bonchev–Trinajstić information content (AvgIpc) is 2.30. The van der Waals surface area contributed by atoms with Crippen molar-refractivity contribution in [1.29, 1.82) is 0 Å². The van der Waals surface area contributed by atoms with E-state index in [1.165, 1.54) is 20.4 Å². The fourth-order valence-electron chi connectivity index (χ4n) is 1.15. The normalized spacial score (nSPS) is 10.2. The SMILES string of the molecule is COc1cc(/C=N/N=C(N)N)cc(OC)c1O. The largest absolute Gasteiger partial charge is 0.502 e. The molecule has 0 bridgehead atoms. The first kappa shape index (κ1) is 12.6. The van der Waals surface area contributed by atoms with Crippen LogP contribution < -0.4 is 20.9 Å². The van der Waals surface area contributed by atoms with E-state index in [2.05, 4.69) is 10.2 Å². The lowest BCUT2D eigenvalue weighted by Crippen LogP contribution is -2.21. The third kappa shape index (κ3) is 3.26. The summed E-state index contributed by atoms with van der Waals surface area (Å²) in [6, 6.07) is 3.15. The molecule has 7 nitrogen and oxygen atoms in total. The Balaban J connectivity index is 3.09. The zero-order valence-electron chi connectivity index (χ0n) is 9.54. The van der Waals surface area contributed by atoms with Crippen LogP contribution in [0.2, 0.25) is 0 Å². The zero-order valence-corrected chi connectivity index (χ0v) is 9.54. The smallest absolute Gasteiger partial charge is 0.211 e. The number of methoxy groups -OCH3 is 2. The number of benzene rings is 1. The van der Waals surface area contributed by atoms with E-state index in [-0.39, 0.29) is 23.2 Å². The van der Waals surface area contributed by atoms with Gasteiger partial charge in [0.15, 0.2) is 11.5 Å². The van der Waals surface area contributed by atoms with E-state index in [0.717, 1.165) is 0 Å². The van der Waals surface area contributed by atoms with Crippen LogP contribution in [0.1, 0.15) is 5.56 Å². The number of hydrogen-bond acceptors (Lipinski definition) is 5. The van der Waals surface area contributed by atoms with Gasteiger partial charge in [-0.05, 0) is 12.1 Å². The molecule has 1 aromatic rings. The highest BCUT2D eigenvalue weighted by Crippen LogP contribution is 2.36. The van der Waals surface area contributed by atoms with Crippen molar-refractivity contribution in [2.75, 3.05) is 14.2 Å². The topological polar surface area (TPSA) is 115 Å². The van der Waals surface area contributed by atoms with E-state index in [1.807, 2.05) is 0 Å². The number of phenolic OH excluding ortho intramolecular Hbond substituents is 1. The number of aromatic hydroxyl groups is 1. The summed E-state index contributed by atoms with van der Waals surface area (Å²) in [5, 5.41) is 16.8. The molecule has 0 saturated heterocycles. The first-order valence-electron chi connectivity index (χ1n) is 4.65. The molecular weight excluding hydrogens is 224 g/mol. The zero-order chi connectivity index (χ0) is 12.8. The summed E-state index contributed by atoms with van der Waals surface area (Å²) >= 11 is 0. The van der Waals surface area contributed by atoms with Gasteiger partial charge in [-0.3, -0.25) is 0 Å². The van der Waals surface area contributed by atoms with Crippen LogP contribution in [0.4, 0.5) is 0 Å². The molecule has 0 aliphatic heterocycles. The van der Waals surface area contributed by atoms with Gasteiger partial charge in [-0.2, -0.15) is 5.10 Å². The van der Waals surface area contributed by atoms with E-state index < -0.39 is 0 Å². The number of guanidine groups is 1. The molecule has 0 amide bonds.